The molecule has 0 spiro atoms. The third-order valence-corrected chi connectivity index (χ3v) is 4.35. The van der Waals surface area contributed by atoms with Crippen LogP contribution in [0.4, 0.5) is 0 Å². The largest absolute Gasteiger partial charge is 0.497 e. The third kappa shape index (κ3) is 3.92. The maximum atomic E-state index is 12.4. The highest BCUT2D eigenvalue weighted by molar-refractivity contribution is 6.22. The molecule has 0 bridgehead atoms. The number of carbonyl (C=O) groups is 3. The maximum absolute atomic E-state index is 12.4. The van der Waals surface area contributed by atoms with Crippen molar-refractivity contribution in [1.82, 2.24) is 9.80 Å². The predicted molar refractivity (Wildman–Crippen MR) is 97.9 cm³/mol. The first-order valence-electron chi connectivity index (χ1n) is 8.47. The fraction of sp³-hybridized carbons (Fsp3) is 0.250. The van der Waals surface area contributed by atoms with Gasteiger partial charge in [0.25, 0.3) is 11.8 Å². The molecule has 1 aliphatic rings. The van der Waals surface area contributed by atoms with Gasteiger partial charge in [0.05, 0.1) is 24.8 Å². The smallest absolute Gasteiger partial charge is 0.262 e. The van der Waals surface area contributed by atoms with Crippen LogP contribution in [0.3, 0.4) is 0 Å². The number of hydrogen-bond acceptors (Lipinski definition) is 5. The third-order valence-electron chi connectivity index (χ3n) is 4.35. The Bertz CT molecular complexity index is 828. The zero-order chi connectivity index (χ0) is 19.4. The fourth-order valence-electron chi connectivity index (χ4n) is 2.74. The molecule has 7 heteroatoms. The van der Waals surface area contributed by atoms with Crippen LogP contribution in [0.15, 0.2) is 48.5 Å². The molecule has 0 aromatic heterocycles. The number of rotatable bonds is 7. The minimum absolute atomic E-state index is 0.286. The first-order chi connectivity index (χ1) is 13.0. The summed E-state index contributed by atoms with van der Waals surface area (Å²) >= 11 is 0. The van der Waals surface area contributed by atoms with Crippen LogP contribution in [0.25, 0.3) is 0 Å². The summed E-state index contributed by atoms with van der Waals surface area (Å²) in [5.41, 5.74) is 0.668. The van der Waals surface area contributed by atoms with E-state index in [0.29, 0.717) is 23.4 Å². The van der Waals surface area contributed by atoms with Crippen molar-refractivity contribution in [3.8, 4) is 11.5 Å². The van der Waals surface area contributed by atoms with E-state index in [1.54, 1.807) is 62.7 Å². The highest BCUT2D eigenvalue weighted by Crippen LogP contribution is 2.22. The molecule has 0 fully saturated rings. The van der Waals surface area contributed by atoms with Gasteiger partial charge in [0.15, 0.2) is 0 Å². The summed E-state index contributed by atoms with van der Waals surface area (Å²) in [6, 6.07) is 13.7. The molecule has 0 unspecified atom stereocenters. The van der Waals surface area contributed by atoms with E-state index in [1.807, 2.05) is 0 Å². The van der Waals surface area contributed by atoms with Crippen LogP contribution in [-0.4, -0.2) is 61.4 Å². The van der Waals surface area contributed by atoms with Gasteiger partial charge in [-0.05, 0) is 36.4 Å². The van der Waals surface area contributed by atoms with Crippen LogP contribution < -0.4 is 9.47 Å². The summed E-state index contributed by atoms with van der Waals surface area (Å²) in [5, 5.41) is 0. The van der Waals surface area contributed by atoms with Gasteiger partial charge in [0.2, 0.25) is 5.91 Å². The second kappa shape index (κ2) is 7.90. The van der Waals surface area contributed by atoms with Crippen LogP contribution in [0, 0.1) is 0 Å². The molecular weight excluding hydrogens is 348 g/mol. The number of carbonyl (C=O) groups excluding carboxylic acids is 3. The summed E-state index contributed by atoms with van der Waals surface area (Å²) in [5.74, 6) is 0.189. The molecule has 0 saturated heterocycles. The van der Waals surface area contributed by atoms with Crippen molar-refractivity contribution >= 4 is 17.7 Å². The highest BCUT2D eigenvalue weighted by Gasteiger charge is 2.36. The number of ether oxygens (including phenoxy) is 2. The van der Waals surface area contributed by atoms with Gasteiger partial charge < -0.3 is 14.4 Å². The molecule has 1 heterocycles. The molecule has 140 valence electrons. The predicted octanol–water partition coefficient (Wildman–Crippen LogP) is 1.83. The monoisotopic (exact) mass is 368 g/mol. The summed E-state index contributed by atoms with van der Waals surface area (Å²) in [4.78, 5) is 39.4. The number of imide groups is 1. The molecule has 0 radical (unpaired) electrons. The van der Waals surface area contributed by atoms with Crippen LogP contribution in [0.5, 0.6) is 11.5 Å². The van der Waals surface area contributed by atoms with E-state index >= 15 is 0 Å². The van der Waals surface area contributed by atoms with Gasteiger partial charge in [-0.25, -0.2) is 0 Å². The van der Waals surface area contributed by atoms with Gasteiger partial charge in [-0.15, -0.1) is 0 Å². The van der Waals surface area contributed by atoms with Crippen molar-refractivity contribution in [2.45, 2.75) is 0 Å². The average Bonchev–Trinajstić information content (AvgIpc) is 2.93. The topological polar surface area (TPSA) is 76.2 Å². The highest BCUT2D eigenvalue weighted by atomic mass is 16.5. The summed E-state index contributed by atoms with van der Waals surface area (Å²) in [6.07, 6.45) is 0. The van der Waals surface area contributed by atoms with Crippen molar-refractivity contribution in [3.63, 3.8) is 0 Å². The van der Waals surface area contributed by atoms with Gasteiger partial charge in [-0.3, -0.25) is 19.3 Å². The van der Waals surface area contributed by atoms with Gasteiger partial charge >= 0.3 is 0 Å². The number of methoxy groups -OCH3 is 1. The Morgan fingerprint density at radius 3 is 2.07 bits per heavy atom. The van der Waals surface area contributed by atoms with Crippen LogP contribution in [0.2, 0.25) is 0 Å². The zero-order valence-electron chi connectivity index (χ0n) is 15.2. The van der Waals surface area contributed by atoms with E-state index < -0.39 is 11.8 Å². The Labute approximate surface area is 157 Å². The van der Waals surface area contributed by atoms with E-state index in [2.05, 4.69) is 0 Å². The average molecular weight is 368 g/mol. The maximum Gasteiger partial charge on any atom is 0.262 e. The van der Waals surface area contributed by atoms with E-state index in [1.165, 1.54) is 4.90 Å². The molecule has 2 aromatic carbocycles. The number of likely N-dealkylation sites (N-methyl/N-ethyl adjacent to an activating group) is 1. The Kier molecular flexibility index (Phi) is 5.40. The van der Waals surface area contributed by atoms with Gasteiger partial charge in [0, 0.05) is 7.05 Å². The molecule has 3 amide bonds. The SMILES string of the molecule is COc1ccc(OCCN(C)C(=O)CN2C(=O)c3ccccc3C2=O)cc1. The molecule has 0 N–H and O–H groups in total. The molecule has 0 aliphatic carbocycles. The second-order valence-corrected chi connectivity index (χ2v) is 6.08. The van der Waals surface area contributed by atoms with Crippen molar-refractivity contribution < 1.29 is 23.9 Å². The minimum Gasteiger partial charge on any atom is -0.497 e. The van der Waals surface area contributed by atoms with E-state index in [-0.39, 0.29) is 19.1 Å². The Morgan fingerprint density at radius 1 is 0.963 bits per heavy atom. The molecular formula is C20H20N2O5. The van der Waals surface area contributed by atoms with E-state index in [9.17, 15) is 14.4 Å². The summed E-state index contributed by atoms with van der Waals surface area (Å²) in [6.45, 7) is 0.329. The van der Waals surface area contributed by atoms with Crippen LogP contribution in [-0.2, 0) is 4.79 Å². The summed E-state index contributed by atoms with van der Waals surface area (Å²) < 4.78 is 10.7. The van der Waals surface area contributed by atoms with Crippen LogP contribution in [0.1, 0.15) is 20.7 Å². The number of amides is 3. The Balaban J connectivity index is 1.51. The minimum atomic E-state index is -0.438. The molecule has 0 atom stereocenters. The van der Waals surface area contributed by atoms with Gasteiger partial charge in [-0.1, -0.05) is 12.1 Å². The quantitative estimate of drug-likeness (QED) is 0.697. The van der Waals surface area contributed by atoms with Crippen molar-refractivity contribution in [2.24, 2.45) is 0 Å². The lowest BCUT2D eigenvalue weighted by Crippen LogP contribution is -2.42. The molecule has 0 saturated carbocycles. The van der Waals surface area contributed by atoms with Gasteiger partial charge in [0.1, 0.15) is 24.7 Å². The summed E-state index contributed by atoms with van der Waals surface area (Å²) in [7, 11) is 3.20. The Morgan fingerprint density at radius 2 is 1.52 bits per heavy atom. The Hall–Kier alpha value is -3.35. The first-order valence-corrected chi connectivity index (χ1v) is 8.47. The molecule has 3 rings (SSSR count). The lowest BCUT2D eigenvalue weighted by molar-refractivity contribution is -0.130. The first kappa shape index (κ1) is 18.4. The van der Waals surface area contributed by atoms with E-state index in [4.69, 9.17) is 9.47 Å². The second-order valence-electron chi connectivity index (χ2n) is 6.08. The molecule has 1 aliphatic heterocycles. The van der Waals surface area contributed by atoms with Crippen molar-refractivity contribution in [1.29, 1.82) is 0 Å². The normalized spacial score (nSPS) is 12.7. The molecule has 7 nitrogen and oxygen atoms in total. The zero-order valence-corrected chi connectivity index (χ0v) is 15.2. The van der Waals surface area contributed by atoms with E-state index in [0.717, 1.165) is 10.6 Å². The number of hydrogen-bond donors (Lipinski definition) is 0. The number of fused-ring (bicyclic) bond motifs is 1. The number of benzene rings is 2. The standard InChI is InChI=1S/C20H20N2O5/c1-21(11-12-27-15-9-7-14(26-2)8-10-15)18(23)13-22-19(24)16-5-3-4-6-17(16)20(22)25/h3-10H,11-13H2,1-2H3. The van der Waals surface area contributed by atoms with Crippen molar-refractivity contribution in [2.75, 3.05) is 33.9 Å². The van der Waals surface area contributed by atoms with Crippen molar-refractivity contribution in [3.05, 3.63) is 59.7 Å². The fourth-order valence-corrected chi connectivity index (χ4v) is 2.74. The van der Waals surface area contributed by atoms with Crippen LogP contribution >= 0.6 is 0 Å². The lowest BCUT2D eigenvalue weighted by Gasteiger charge is -2.20. The molecule has 27 heavy (non-hydrogen) atoms. The number of nitrogens with zero attached hydrogens (tertiary/aromatic N) is 2. The van der Waals surface area contributed by atoms with Gasteiger partial charge in [-0.2, -0.15) is 0 Å². The molecule has 2 aromatic rings. The lowest BCUT2D eigenvalue weighted by atomic mass is 10.1.